The molecule has 0 amide bonds. The first kappa shape index (κ1) is 7.15. The van der Waals surface area contributed by atoms with Crippen molar-refractivity contribution >= 4 is 11.2 Å². The summed E-state index contributed by atoms with van der Waals surface area (Å²) >= 11 is 0. The van der Waals surface area contributed by atoms with Gasteiger partial charge in [-0.3, -0.25) is 5.10 Å². The SMILES string of the molecule is CC(C)c1ncc2[nH]nnc2n1. The molecule has 1 N–H and O–H groups in total. The Labute approximate surface area is 69.2 Å². The van der Waals surface area contributed by atoms with Crippen molar-refractivity contribution in [1.29, 1.82) is 0 Å². The van der Waals surface area contributed by atoms with Crippen LogP contribution in [0.5, 0.6) is 0 Å². The average molecular weight is 163 g/mol. The zero-order valence-electron chi connectivity index (χ0n) is 6.94. The summed E-state index contributed by atoms with van der Waals surface area (Å²) in [5.74, 6) is 1.13. The third-order valence-corrected chi connectivity index (χ3v) is 1.62. The van der Waals surface area contributed by atoms with Crippen LogP contribution in [0.2, 0.25) is 0 Å². The molecule has 0 bridgehead atoms. The van der Waals surface area contributed by atoms with E-state index in [1.807, 2.05) is 13.8 Å². The van der Waals surface area contributed by atoms with Crippen LogP contribution >= 0.6 is 0 Å². The van der Waals surface area contributed by atoms with E-state index in [0.29, 0.717) is 11.6 Å². The van der Waals surface area contributed by atoms with E-state index >= 15 is 0 Å². The van der Waals surface area contributed by atoms with Gasteiger partial charge in [0.15, 0.2) is 0 Å². The van der Waals surface area contributed by atoms with Crippen LogP contribution in [0.15, 0.2) is 6.20 Å². The number of nitrogens with zero attached hydrogens (tertiary/aromatic N) is 4. The summed E-state index contributed by atoms with van der Waals surface area (Å²) in [6, 6.07) is 0. The van der Waals surface area contributed by atoms with E-state index in [0.717, 1.165) is 11.3 Å². The van der Waals surface area contributed by atoms with Gasteiger partial charge >= 0.3 is 0 Å². The number of aromatic amines is 1. The van der Waals surface area contributed by atoms with Crippen molar-refractivity contribution in [2.45, 2.75) is 19.8 Å². The molecule has 0 radical (unpaired) electrons. The average Bonchev–Trinajstić information content (AvgIpc) is 2.49. The summed E-state index contributed by atoms with van der Waals surface area (Å²) in [6.07, 6.45) is 1.71. The Morgan fingerprint density at radius 1 is 1.42 bits per heavy atom. The molecule has 0 aliphatic rings. The van der Waals surface area contributed by atoms with E-state index in [2.05, 4.69) is 25.4 Å². The van der Waals surface area contributed by atoms with Crippen molar-refractivity contribution in [3.05, 3.63) is 12.0 Å². The van der Waals surface area contributed by atoms with Crippen molar-refractivity contribution in [2.24, 2.45) is 0 Å². The predicted octanol–water partition coefficient (Wildman–Crippen LogP) is 0.871. The molecule has 0 aromatic carbocycles. The highest BCUT2D eigenvalue weighted by molar-refractivity contribution is 5.66. The number of nitrogens with one attached hydrogen (secondary N) is 1. The maximum Gasteiger partial charge on any atom is 0.204 e. The van der Waals surface area contributed by atoms with Gasteiger partial charge in [0.1, 0.15) is 11.3 Å². The summed E-state index contributed by atoms with van der Waals surface area (Å²) in [7, 11) is 0. The summed E-state index contributed by atoms with van der Waals surface area (Å²) in [5.41, 5.74) is 1.41. The second-order valence-corrected chi connectivity index (χ2v) is 2.93. The molecule has 2 heterocycles. The lowest BCUT2D eigenvalue weighted by Gasteiger charge is -1.99. The second kappa shape index (κ2) is 2.51. The molecule has 0 saturated carbocycles. The zero-order chi connectivity index (χ0) is 8.55. The van der Waals surface area contributed by atoms with Crippen LogP contribution in [0.3, 0.4) is 0 Å². The molecule has 0 atom stereocenters. The predicted molar refractivity (Wildman–Crippen MR) is 43.6 cm³/mol. The molecular weight excluding hydrogens is 154 g/mol. The third-order valence-electron chi connectivity index (χ3n) is 1.62. The van der Waals surface area contributed by atoms with Gasteiger partial charge in [-0.2, -0.15) is 0 Å². The van der Waals surface area contributed by atoms with Gasteiger partial charge in [-0.25, -0.2) is 9.97 Å². The Bertz CT molecular complexity index is 391. The standard InChI is InChI=1S/C7H9N5/c1-4(2)6-8-3-5-7(9-6)11-12-10-5/h3-4H,1-2H3,(H,8,9,10,11,12). The van der Waals surface area contributed by atoms with E-state index in [4.69, 9.17) is 0 Å². The van der Waals surface area contributed by atoms with E-state index in [-0.39, 0.29) is 0 Å². The van der Waals surface area contributed by atoms with Gasteiger partial charge in [-0.1, -0.05) is 19.1 Å². The van der Waals surface area contributed by atoms with Crippen LogP contribution in [0.1, 0.15) is 25.6 Å². The summed E-state index contributed by atoms with van der Waals surface area (Å²) in [4.78, 5) is 8.38. The van der Waals surface area contributed by atoms with Crippen molar-refractivity contribution < 1.29 is 0 Å². The maximum atomic E-state index is 4.22. The Kier molecular flexibility index (Phi) is 1.49. The third kappa shape index (κ3) is 1.03. The van der Waals surface area contributed by atoms with Gasteiger partial charge in [0.05, 0.1) is 6.20 Å². The quantitative estimate of drug-likeness (QED) is 0.677. The molecule has 0 aliphatic heterocycles. The minimum absolute atomic E-state index is 0.325. The normalized spacial score (nSPS) is 11.2. The Hall–Kier alpha value is -1.52. The minimum atomic E-state index is 0.325. The molecule has 0 unspecified atom stereocenters. The second-order valence-electron chi connectivity index (χ2n) is 2.93. The fourth-order valence-corrected chi connectivity index (χ4v) is 0.946. The fraction of sp³-hybridized carbons (Fsp3) is 0.429. The van der Waals surface area contributed by atoms with Gasteiger partial charge in [0.25, 0.3) is 0 Å². The molecule has 2 aromatic rings. The van der Waals surface area contributed by atoms with Crippen molar-refractivity contribution in [3.63, 3.8) is 0 Å². The van der Waals surface area contributed by atoms with Crippen LogP contribution in [0, 0.1) is 0 Å². The summed E-state index contributed by atoms with van der Waals surface area (Å²) < 4.78 is 0. The van der Waals surface area contributed by atoms with Crippen molar-refractivity contribution in [2.75, 3.05) is 0 Å². The number of H-pyrrole nitrogens is 1. The number of fused-ring (bicyclic) bond motifs is 1. The number of aromatic nitrogens is 5. The first-order chi connectivity index (χ1) is 5.77. The van der Waals surface area contributed by atoms with Gasteiger partial charge in [-0.15, -0.1) is 5.10 Å². The highest BCUT2D eigenvalue weighted by Crippen LogP contribution is 2.10. The molecule has 62 valence electrons. The Morgan fingerprint density at radius 2 is 2.25 bits per heavy atom. The smallest absolute Gasteiger partial charge is 0.204 e. The topological polar surface area (TPSA) is 67.3 Å². The van der Waals surface area contributed by atoms with Crippen LogP contribution in [0.25, 0.3) is 11.2 Å². The summed E-state index contributed by atoms with van der Waals surface area (Å²) in [6.45, 7) is 4.09. The first-order valence-electron chi connectivity index (χ1n) is 3.81. The first-order valence-corrected chi connectivity index (χ1v) is 3.81. The van der Waals surface area contributed by atoms with Crippen LogP contribution < -0.4 is 0 Å². The monoisotopic (exact) mass is 163 g/mol. The van der Waals surface area contributed by atoms with Gasteiger partial charge in [0.2, 0.25) is 5.65 Å². The molecule has 5 heteroatoms. The molecule has 0 spiro atoms. The molecule has 0 fully saturated rings. The molecule has 2 aromatic heterocycles. The number of hydrogen-bond donors (Lipinski definition) is 1. The fourth-order valence-electron chi connectivity index (χ4n) is 0.946. The Morgan fingerprint density at radius 3 is 3.00 bits per heavy atom. The maximum absolute atomic E-state index is 4.22. The highest BCUT2D eigenvalue weighted by Gasteiger charge is 2.05. The zero-order valence-corrected chi connectivity index (χ0v) is 6.94. The van der Waals surface area contributed by atoms with Gasteiger partial charge < -0.3 is 0 Å². The lowest BCUT2D eigenvalue weighted by Crippen LogP contribution is -1.96. The van der Waals surface area contributed by atoms with E-state index < -0.39 is 0 Å². The van der Waals surface area contributed by atoms with Crippen molar-refractivity contribution in [3.8, 4) is 0 Å². The molecule has 5 nitrogen and oxygen atoms in total. The van der Waals surface area contributed by atoms with Crippen LogP contribution in [0.4, 0.5) is 0 Å². The molecule has 12 heavy (non-hydrogen) atoms. The van der Waals surface area contributed by atoms with Gasteiger partial charge in [0, 0.05) is 5.92 Å². The minimum Gasteiger partial charge on any atom is -0.254 e. The van der Waals surface area contributed by atoms with Gasteiger partial charge in [-0.05, 0) is 0 Å². The lowest BCUT2D eigenvalue weighted by molar-refractivity contribution is 0.780. The molecule has 0 aliphatic carbocycles. The van der Waals surface area contributed by atoms with E-state index in [9.17, 15) is 0 Å². The highest BCUT2D eigenvalue weighted by atomic mass is 15.3. The lowest BCUT2D eigenvalue weighted by atomic mass is 10.2. The molecule has 2 rings (SSSR count). The van der Waals surface area contributed by atoms with E-state index in [1.165, 1.54) is 0 Å². The Balaban J connectivity index is 2.60. The number of rotatable bonds is 1. The van der Waals surface area contributed by atoms with Crippen LogP contribution in [-0.2, 0) is 0 Å². The van der Waals surface area contributed by atoms with E-state index in [1.54, 1.807) is 6.20 Å². The number of hydrogen-bond acceptors (Lipinski definition) is 4. The summed E-state index contributed by atoms with van der Waals surface area (Å²) in [5, 5.41) is 10.1. The molecule has 0 saturated heterocycles. The molecular formula is C7H9N5. The largest absolute Gasteiger partial charge is 0.254 e. The van der Waals surface area contributed by atoms with Crippen molar-refractivity contribution in [1.82, 2.24) is 25.4 Å². The van der Waals surface area contributed by atoms with Crippen LogP contribution in [-0.4, -0.2) is 25.4 Å².